The number of amidine groups is 3. The van der Waals surface area contributed by atoms with Gasteiger partial charge in [0.15, 0.2) is 48.0 Å². The monoisotopic (exact) mass is 1480 g/mol. The Balaban J connectivity index is 0.000000160. The van der Waals surface area contributed by atoms with E-state index in [4.69, 9.17) is 46.1 Å². The van der Waals surface area contributed by atoms with Gasteiger partial charge < -0.3 is 65.8 Å². The van der Waals surface area contributed by atoms with E-state index in [1.54, 1.807) is 12.1 Å². The topological polar surface area (TPSA) is 422 Å². The molecule has 10 N–H and O–H groups in total. The molecule has 3 atom stereocenters. The van der Waals surface area contributed by atoms with Gasteiger partial charge in [-0.3, -0.25) is 37.7 Å². The van der Waals surface area contributed by atoms with Crippen LogP contribution in [0.25, 0.3) is 0 Å². The zero-order valence-corrected chi connectivity index (χ0v) is 56.7. The first kappa shape index (κ1) is 70.4. The number of carbonyl (C=O) groups is 2. The third kappa shape index (κ3) is 15.5. The number of aryl methyl sites for hydroxylation is 1. The van der Waals surface area contributed by atoms with Crippen molar-refractivity contribution in [2.24, 2.45) is 25.8 Å². The van der Waals surface area contributed by atoms with Gasteiger partial charge in [-0.15, -0.1) is 0 Å². The van der Waals surface area contributed by atoms with Gasteiger partial charge in [-0.2, -0.15) is 29.6 Å². The van der Waals surface area contributed by atoms with Crippen molar-refractivity contribution < 1.29 is 66.0 Å². The molecule has 0 radical (unpaired) electrons. The number of amides is 2. The Labute approximate surface area is 567 Å². The molecule has 0 aliphatic carbocycles. The third-order valence-corrected chi connectivity index (χ3v) is 21.1. The molecule has 36 heteroatoms. The van der Waals surface area contributed by atoms with Gasteiger partial charge in [0.25, 0.3) is 28.5 Å². The van der Waals surface area contributed by atoms with E-state index in [0.29, 0.717) is 22.2 Å². The number of fused-ring (bicyclic) bond motifs is 3. The number of nitrogens with two attached hydrogens (primary N) is 2. The zero-order valence-electron chi connectivity index (χ0n) is 51.7. The summed E-state index contributed by atoms with van der Waals surface area (Å²) in [6.45, 7) is 1.40. The molecule has 3 aliphatic heterocycles. The molecule has 6 aromatic carbocycles. The molecular weight excluding hydrogens is 1420 g/mol. The number of benzene rings is 6. The van der Waals surface area contributed by atoms with Crippen molar-refractivity contribution >= 4 is 112 Å². The van der Waals surface area contributed by atoms with Crippen molar-refractivity contribution in [1.82, 2.24) is 29.3 Å². The van der Waals surface area contributed by atoms with Crippen LogP contribution in [0.4, 0.5) is 21.5 Å². The predicted molar refractivity (Wildman–Crippen MR) is 366 cm³/mol. The molecule has 0 fully saturated rings. The number of aromatic hydroxyl groups is 3. The number of halogens is 3. The first-order valence-corrected chi connectivity index (χ1v) is 34.5. The van der Waals surface area contributed by atoms with E-state index in [2.05, 4.69) is 61.5 Å². The molecule has 3 unspecified atom stereocenters. The van der Waals surface area contributed by atoms with E-state index >= 15 is 0 Å². The van der Waals surface area contributed by atoms with Gasteiger partial charge in [0.05, 0.1) is 76.2 Å². The predicted octanol–water partition coefficient (Wildman–Crippen LogP) is 6.59. The van der Waals surface area contributed by atoms with Crippen molar-refractivity contribution in [3.8, 4) is 28.7 Å². The van der Waals surface area contributed by atoms with E-state index in [-0.39, 0.29) is 106 Å². The molecule has 3 aromatic heterocycles. The minimum absolute atomic E-state index is 0.0237. The molecule has 506 valence electrons. The van der Waals surface area contributed by atoms with Gasteiger partial charge in [0.2, 0.25) is 0 Å². The fourth-order valence-electron chi connectivity index (χ4n) is 9.76. The summed E-state index contributed by atoms with van der Waals surface area (Å²) in [4.78, 5) is 61.4. The molecule has 0 spiro atoms. The van der Waals surface area contributed by atoms with Gasteiger partial charge >= 0.3 is 22.6 Å². The molecular formula is C62H56BrClFN14O16P3. The van der Waals surface area contributed by atoms with Crippen molar-refractivity contribution in [2.45, 2.75) is 26.6 Å². The van der Waals surface area contributed by atoms with Crippen LogP contribution in [-0.4, -0.2) is 109 Å². The number of ether oxygens (including phenoxy) is 2. The Morgan fingerprint density at radius 2 is 0.918 bits per heavy atom. The van der Waals surface area contributed by atoms with Crippen molar-refractivity contribution in [2.75, 3.05) is 50.5 Å². The standard InChI is InChI=1S/C21H18ClFN5O6P.C21H20N5O6P.C20H18BrN4O4P/c1-33-35(32)17-7-12(34-10-18(24)30)3-5-15(17)26-20(27-35)19-16(29)8-25-28(21(19)31)9-11-2-4-14(23)13(22)6-11;1-31-33(30)17-9-14(32-12-18(22)28)7-8-15(17)24-20(25-33)19-16(27)10-23-26(21(19)29)11-13-5-3-2-4-6-13;1-12-6-7-15-17(8-12)30(28,29-2)24-19(23-15)18-16(26)10-22-25(20(18)27)11-13-4-3-5-14(21)9-13/h2-8,29H,9-10H2,1H3,(H2,24,30)(H,26,27,32);2-10,27H,11-12H2,1H3,(H2,22,28)(H,24,25,30);3-10,26H,11H2,1-2H3,(H,23,24,28). The molecule has 6 heterocycles. The van der Waals surface area contributed by atoms with Crippen LogP contribution in [0.1, 0.15) is 38.9 Å². The fourth-order valence-corrected chi connectivity index (χ4v) is 15.1. The molecule has 2 amide bonds. The summed E-state index contributed by atoms with van der Waals surface area (Å²) in [7, 11) is -7.70. The maximum atomic E-state index is 13.5. The van der Waals surface area contributed by atoms with Crippen LogP contribution < -0.4 is 69.5 Å². The summed E-state index contributed by atoms with van der Waals surface area (Å²) in [5, 5.41) is 52.5. The van der Waals surface area contributed by atoms with E-state index < -0.39 is 68.4 Å². The molecule has 9 aromatic rings. The molecule has 98 heavy (non-hydrogen) atoms. The quantitative estimate of drug-likeness (QED) is 0.0420. The first-order valence-electron chi connectivity index (χ1n) is 28.6. The van der Waals surface area contributed by atoms with Crippen LogP contribution in [0, 0.1) is 12.7 Å². The average Bonchev–Trinajstić information content (AvgIpc) is 0.767. The first-order chi connectivity index (χ1) is 46.7. The molecule has 0 saturated heterocycles. The number of anilines is 3. The van der Waals surface area contributed by atoms with Gasteiger partial charge in [-0.05, 0) is 96.4 Å². The van der Waals surface area contributed by atoms with E-state index in [9.17, 15) is 57.4 Å². The van der Waals surface area contributed by atoms with Gasteiger partial charge in [0, 0.05) is 25.8 Å². The number of hydrogen-bond acceptors (Lipinski definition) is 22. The maximum absolute atomic E-state index is 13.5. The van der Waals surface area contributed by atoms with E-state index in [1.165, 1.54) is 85.4 Å². The normalized spacial score (nSPS) is 17.1. The van der Waals surface area contributed by atoms with Crippen molar-refractivity contribution in [3.05, 3.63) is 231 Å². The Kier molecular flexibility index (Phi) is 21.2. The number of hydrogen-bond donors (Lipinski definition) is 8. The van der Waals surface area contributed by atoms with Crippen LogP contribution in [0.2, 0.25) is 5.02 Å². The van der Waals surface area contributed by atoms with Gasteiger partial charge in [-0.1, -0.05) is 87.7 Å². The van der Waals surface area contributed by atoms with E-state index in [1.807, 2.05) is 67.6 Å². The molecule has 12 rings (SSSR count). The lowest BCUT2D eigenvalue weighted by molar-refractivity contribution is -0.120. The number of nitrogens with one attached hydrogen (secondary N) is 3. The lowest BCUT2D eigenvalue weighted by Crippen LogP contribution is -2.34. The second-order valence-corrected chi connectivity index (χ2v) is 28.8. The number of carbonyl (C=O) groups excluding carboxylic acids is 2. The number of aromatic nitrogens is 6. The van der Waals surface area contributed by atoms with Crippen LogP contribution >= 0.6 is 50.1 Å². The van der Waals surface area contributed by atoms with Crippen molar-refractivity contribution in [1.29, 1.82) is 0 Å². The lowest BCUT2D eigenvalue weighted by Gasteiger charge is -2.24. The summed E-state index contributed by atoms with van der Waals surface area (Å²) >= 11 is 9.21. The summed E-state index contributed by atoms with van der Waals surface area (Å²) in [6.07, 6.45) is 3.32. The molecule has 0 saturated carbocycles. The second kappa shape index (κ2) is 29.5. The zero-order chi connectivity index (χ0) is 70.4. The van der Waals surface area contributed by atoms with Crippen LogP contribution in [0.15, 0.2) is 179 Å². The van der Waals surface area contributed by atoms with Gasteiger partial charge in [0.1, 0.15) is 34.0 Å². The second-order valence-electron chi connectivity index (χ2n) is 21.2. The number of nitrogens with zero attached hydrogens (tertiary/aromatic N) is 9. The fraction of sp³-hybridized carbons (Fsp3) is 0.145. The summed E-state index contributed by atoms with van der Waals surface area (Å²) in [5.74, 6) is -3.18. The summed E-state index contributed by atoms with van der Waals surface area (Å²) in [5.41, 5.74) is 11.8. The smallest absolute Gasteiger partial charge is 0.348 e. The van der Waals surface area contributed by atoms with Crippen LogP contribution in [0.3, 0.4) is 0 Å². The summed E-state index contributed by atoms with van der Waals surface area (Å²) in [6, 6.07) is 34.7. The number of rotatable bonds is 18. The summed E-state index contributed by atoms with van der Waals surface area (Å²) < 4.78 is 96.7. The van der Waals surface area contributed by atoms with E-state index in [0.717, 1.165) is 44.3 Å². The molecule has 0 bridgehead atoms. The van der Waals surface area contributed by atoms with Crippen LogP contribution in [-0.2, 0) is 56.5 Å². The Morgan fingerprint density at radius 1 is 0.531 bits per heavy atom. The minimum Gasteiger partial charge on any atom is -0.505 e. The Bertz CT molecular complexity index is 5120. The minimum atomic E-state index is -3.92. The highest BCUT2D eigenvalue weighted by Crippen LogP contribution is 2.54. The maximum Gasteiger partial charge on any atom is 0.348 e. The lowest BCUT2D eigenvalue weighted by atomic mass is 10.2. The highest BCUT2D eigenvalue weighted by molar-refractivity contribution is 9.10. The Hall–Kier alpha value is -10.4. The van der Waals surface area contributed by atoms with Crippen LogP contribution in [0.5, 0.6) is 28.7 Å². The average molecular weight is 1480 g/mol. The van der Waals surface area contributed by atoms with Gasteiger partial charge in [-0.25, -0.2) is 18.4 Å². The third-order valence-electron chi connectivity index (χ3n) is 14.5. The number of primary amides is 2. The Morgan fingerprint density at radius 3 is 1.32 bits per heavy atom. The largest absolute Gasteiger partial charge is 0.505 e. The van der Waals surface area contributed by atoms with Crippen molar-refractivity contribution in [3.63, 3.8) is 0 Å². The highest BCUT2D eigenvalue weighted by Gasteiger charge is 2.38. The SMILES string of the molecule is COP1(=O)N=C(c2c(O)cnn(Cc3ccc(F)c(Cl)c3)c2=O)Nc2ccc(OCC(N)=O)cc21.COP1(=O)N=C(c2c(O)cnn(Cc3cccc(Br)c3)c2=O)Nc2ccc(C)cc21.COP1(=O)N=C(c2c(O)cnn(Cc3ccccc3)c2=O)Nc2ccc(OCC(N)=O)cc21. The molecule has 3 aliphatic rings. The highest BCUT2D eigenvalue weighted by atomic mass is 79.9. The molecule has 30 nitrogen and oxygen atoms in total.